The van der Waals surface area contributed by atoms with E-state index in [1.807, 2.05) is 34.6 Å². The van der Waals surface area contributed by atoms with Gasteiger partial charge in [-0.05, 0) is 26.7 Å². The van der Waals surface area contributed by atoms with Crippen LogP contribution < -0.4 is 5.32 Å². The molecule has 0 aromatic heterocycles. The minimum atomic E-state index is -0.311. The second-order valence-corrected chi connectivity index (χ2v) is 5.58. The van der Waals surface area contributed by atoms with Gasteiger partial charge in [-0.1, -0.05) is 20.8 Å². The van der Waals surface area contributed by atoms with Crippen LogP contribution in [0.5, 0.6) is 0 Å². The van der Waals surface area contributed by atoms with Gasteiger partial charge in [-0.2, -0.15) is 0 Å². The molecule has 19 heavy (non-hydrogen) atoms. The van der Waals surface area contributed by atoms with Crippen LogP contribution in [0.3, 0.4) is 0 Å². The van der Waals surface area contributed by atoms with Crippen molar-refractivity contribution < 1.29 is 14.3 Å². The zero-order valence-electron chi connectivity index (χ0n) is 13.0. The number of carbonyl (C=O) groups is 2. The van der Waals surface area contributed by atoms with Gasteiger partial charge in [0.25, 0.3) is 0 Å². The summed E-state index contributed by atoms with van der Waals surface area (Å²) >= 11 is 0. The molecule has 0 fully saturated rings. The molecule has 0 aliphatic heterocycles. The van der Waals surface area contributed by atoms with Crippen LogP contribution in [0, 0.1) is 5.41 Å². The van der Waals surface area contributed by atoms with Gasteiger partial charge < -0.3 is 10.1 Å². The molecular formula is C15H29NO3. The van der Waals surface area contributed by atoms with Crippen molar-refractivity contribution in [3.8, 4) is 0 Å². The Hall–Kier alpha value is -0.900. The zero-order valence-corrected chi connectivity index (χ0v) is 13.0. The van der Waals surface area contributed by atoms with Crippen LogP contribution in [0.15, 0.2) is 0 Å². The Morgan fingerprint density at radius 1 is 1.26 bits per heavy atom. The summed E-state index contributed by atoms with van der Waals surface area (Å²) in [7, 11) is 0. The van der Waals surface area contributed by atoms with E-state index in [9.17, 15) is 9.59 Å². The maximum Gasteiger partial charge on any atom is 0.220 e. The second kappa shape index (κ2) is 9.08. The fourth-order valence-corrected chi connectivity index (χ4v) is 1.84. The van der Waals surface area contributed by atoms with Crippen molar-refractivity contribution in [2.75, 3.05) is 13.2 Å². The molecule has 0 rings (SSSR count). The van der Waals surface area contributed by atoms with Crippen molar-refractivity contribution in [3.63, 3.8) is 0 Å². The van der Waals surface area contributed by atoms with E-state index in [2.05, 4.69) is 5.32 Å². The molecule has 112 valence electrons. The molecule has 0 aliphatic carbocycles. The molecular weight excluding hydrogens is 242 g/mol. The van der Waals surface area contributed by atoms with Crippen LogP contribution in [-0.4, -0.2) is 30.9 Å². The summed E-state index contributed by atoms with van der Waals surface area (Å²) in [5, 5.41) is 2.76. The summed E-state index contributed by atoms with van der Waals surface area (Å²) in [4.78, 5) is 23.0. The first-order chi connectivity index (χ1) is 8.83. The molecule has 1 amide bonds. The summed E-state index contributed by atoms with van der Waals surface area (Å²) in [6, 6.07) is 0. The number of hydrogen-bond acceptors (Lipinski definition) is 3. The predicted molar refractivity (Wildman–Crippen MR) is 77.0 cm³/mol. The van der Waals surface area contributed by atoms with Gasteiger partial charge in [0.2, 0.25) is 5.91 Å². The second-order valence-electron chi connectivity index (χ2n) is 5.58. The van der Waals surface area contributed by atoms with Crippen LogP contribution in [0.25, 0.3) is 0 Å². The maximum absolute atomic E-state index is 11.7. The fourth-order valence-electron chi connectivity index (χ4n) is 1.84. The highest BCUT2D eigenvalue weighted by atomic mass is 16.5. The van der Waals surface area contributed by atoms with E-state index >= 15 is 0 Å². The third-order valence-electron chi connectivity index (χ3n) is 3.36. The molecule has 1 atom stereocenters. The van der Waals surface area contributed by atoms with Crippen molar-refractivity contribution in [1.29, 1.82) is 0 Å². The standard InChI is InChI=1S/C15H29NO3/c1-6-13(17)15(4,5)10-11-19-12(3)8-9-14(18)16-7-2/h12H,6-11H2,1-5H3,(H,16,18). The molecule has 1 unspecified atom stereocenters. The number of rotatable bonds is 10. The summed E-state index contributed by atoms with van der Waals surface area (Å²) in [5.74, 6) is 0.338. The lowest BCUT2D eigenvalue weighted by Gasteiger charge is -2.23. The van der Waals surface area contributed by atoms with Crippen molar-refractivity contribution in [2.45, 2.75) is 66.4 Å². The molecule has 1 N–H and O–H groups in total. The first-order valence-electron chi connectivity index (χ1n) is 7.25. The molecule has 0 spiro atoms. The Balaban J connectivity index is 3.82. The number of ketones is 1. The quantitative estimate of drug-likeness (QED) is 0.664. The topological polar surface area (TPSA) is 55.4 Å². The Kier molecular flexibility index (Phi) is 8.65. The first-order valence-corrected chi connectivity index (χ1v) is 7.25. The van der Waals surface area contributed by atoms with Gasteiger partial charge in [0.15, 0.2) is 0 Å². The number of nitrogens with one attached hydrogen (secondary N) is 1. The normalized spacial score (nSPS) is 13.1. The molecule has 0 saturated heterocycles. The minimum Gasteiger partial charge on any atom is -0.378 e. The van der Waals surface area contributed by atoms with Crippen LogP contribution in [-0.2, 0) is 14.3 Å². The molecule has 0 aromatic carbocycles. The Bertz CT molecular complexity index is 287. The molecule has 0 radical (unpaired) electrons. The smallest absolute Gasteiger partial charge is 0.220 e. The van der Waals surface area contributed by atoms with Crippen molar-refractivity contribution in [2.24, 2.45) is 5.41 Å². The minimum absolute atomic E-state index is 0.0511. The van der Waals surface area contributed by atoms with E-state index in [0.717, 1.165) is 6.42 Å². The highest BCUT2D eigenvalue weighted by molar-refractivity contribution is 5.83. The Morgan fingerprint density at radius 2 is 1.89 bits per heavy atom. The van der Waals surface area contributed by atoms with Gasteiger partial charge in [-0.15, -0.1) is 0 Å². The van der Waals surface area contributed by atoms with Crippen LogP contribution >= 0.6 is 0 Å². The van der Waals surface area contributed by atoms with E-state index in [1.165, 1.54) is 0 Å². The van der Waals surface area contributed by atoms with Gasteiger partial charge in [0.1, 0.15) is 5.78 Å². The number of ether oxygens (including phenoxy) is 1. The molecule has 4 nitrogen and oxygen atoms in total. The SMILES string of the molecule is CCNC(=O)CCC(C)OCCC(C)(C)C(=O)CC. The maximum atomic E-state index is 11.7. The lowest BCUT2D eigenvalue weighted by molar-refractivity contribution is -0.128. The average Bonchev–Trinajstić information content (AvgIpc) is 2.35. The van der Waals surface area contributed by atoms with Gasteiger partial charge in [0, 0.05) is 31.4 Å². The first kappa shape index (κ1) is 18.1. The van der Waals surface area contributed by atoms with E-state index < -0.39 is 0 Å². The third-order valence-corrected chi connectivity index (χ3v) is 3.36. The van der Waals surface area contributed by atoms with E-state index in [1.54, 1.807) is 0 Å². The summed E-state index contributed by atoms with van der Waals surface area (Å²) in [6.07, 6.45) is 2.56. The number of Topliss-reactive ketones (excluding diaryl/α,β-unsaturated/α-hetero) is 1. The van der Waals surface area contributed by atoms with Gasteiger partial charge >= 0.3 is 0 Å². The number of carbonyl (C=O) groups excluding carboxylic acids is 2. The summed E-state index contributed by atoms with van der Waals surface area (Å²) in [5.41, 5.74) is -0.311. The summed E-state index contributed by atoms with van der Waals surface area (Å²) < 4.78 is 5.67. The van der Waals surface area contributed by atoms with E-state index in [-0.39, 0.29) is 23.2 Å². The van der Waals surface area contributed by atoms with Crippen LogP contribution in [0.2, 0.25) is 0 Å². The number of hydrogen-bond donors (Lipinski definition) is 1. The Morgan fingerprint density at radius 3 is 2.42 bits per heavy atom. The average molecular weight is 271 g/mol. The molecule has 0 aliphatic rings. The highest BCUT2D eigenvalue weighted by Gasteiger charge is 2.25. The van der Waals surface area contributed by atoms with Gasteiger partial charge in [0.05, 0.1) is 6.10 Å². The lowest BCUT2D eigenvalue weighted by atomic mass is 9.84. The number of amides is 1. The molecule has 4 heteroatoms. The largest absolute Gasteiger partial charge is 0.378 e. The monoisotopic (exact) mass is 271 g/mol. The van der Waals surface area contributed by atoms with Crippen molar-refractivity contribution in [3.05, 3.63) is 0 Å². The van der Waals surface area contributed by atoms with E-state index in [0.29, 0.717) is 32.4 Å². The Labute approximate surface area is 117 Å². The van der Waals surface area contributed by atoms with Gasteiger partial charge in [-0.25, -0.2) is 0 Å². The van der Waals surface area contributed by atoms with Crippen molar-refractivity contribution in [1.82, 2.24) is 5.32 Å². The predicted octanol–water partition coefficient (Wildman–Crippen LogP) is 2.70. The van der Waals surface area contributed by atoms with Crippen LogP contribution in [0.1, 0.15) is 60.3 Å². The molecule has 0 aromatic rings. The highest BCUT2D eigenvalue weighted by Crippen LogP contribution is 2.23. The lowest BCUT2D eigenvalue weighted by Crippen LogP contribution is -2.27. The van der Waals surface area contributed by atoms with Crippen molar-refractivity contribution >= 4 is 11.7 Å². The van der Waals surface area contributed by atoms with E-state index in [4.69, 9.17) is 4.74 Å². The third kappa shape index (κ3) is 7.98. The fraction of sp³-hybridized carbons (Fsp3) is 0.867. The molecule has 0 bridgehead atoms. The molecule has 0 heterocycles. The zero-order chi connectivity index (χ0) is 14.9. The van der Waals surface area contributed by atoms with Crippen LogP contribution in [0.4, 0.5) is 0 Å². The summed E-state index contributed by atoms with van der Waals surface area (Å²) in [6.45, 7) is 10.9. The molecule has 0 saturated carbocycles. The van der Waals surface area contributed by atoms with Gasteiger partial charge in [-0.3, -0.25) is 9.59 Å².